The summed E-state index contributed by atoms with van der Waals surface area (Å²) in [5.74, 6) is 0.315. The average Bonchev–Trinajstić information content (AvgIpc) is 2.98. The number of aryl methyl sites for hydroxylation is 2. The summed E-state index contributed by atoms with van der Waals surface area (Å²) in [6, 6.07) is -0.282. The van der Waals surface area contributed by atoms with Gasteiger partial charge in [0.1, 0.15) is 17.8 Å². The largest absolute Gasteiger partial charge is 0.395 e. The highest BCUT2D eigenvalue weighted by Gasteiger charge is 2.21. The molecule has 2 heterocycles. The van der Waals surface area contributed by atoms with Gasteiger partial charge in [0.15, 0.2) is 0 Å². The second-order valence-electron chi connectivity index (χ2n) is 4.23. The molecule has 8 heteroatoms. The van der Waals surface area contributed by atoms with Gasteiger partial charge in [-0.25, -0.2) is 4.98 Å². The van der Waals surface area contributed by atoms with E-state index in [9.17, 15) is 4.79 Å². The monoisotopic (exact) mass is 263 g/mol. The van der Waals surface area contributed by atoms with Crippen molar-refractivity contribution in [2.45, 2.75) is 33.4 Å². The average molecular weight is 263 g/mol. The van der Waals surface area contributed by atoms with Gasteiger partial charge in [0.2, 0.25) is 0 Å². The Bertz CT molecular complexity index is 572. The Balaban J connectivity index is 2.21. The number of H-pyrrole nitrogens is 1. The van der Waals surface area contributed by atoms with Crippen LogP contribution in [0.15, 0.2) is 6.33 Å². The zero-order valence-corrected chi connectivity index (χ0v) is 11.1. The molecule has 0 spiro atoms. The molecule has 0 aliphatic carbocycles. The number of nitrogens with zero attached hydrogens (tertiary/aromatic N) is 4. The number of aromatic nitrogens is 5. The van der Waals surface area contributed by atoms with Crippen LogP contribution in [0, 0.1) is 6.92 Å². The topological polar surface area (TPSA) is 115 Å². The maximum absolute atomic E-state index is 12.3. The summed E-state index contributed by atoms with van der Waals surface area (Å²) < 4.78 is 1.59. The summed E-state index contributed by atoms with van der Waals surface area (Å²) in [4.78, 5) is 16.2. The zero-order valence-electron chi connectivity index (χ0n) is 11.1. The molecule has 0 aromatic carbocycles. The quantitative estimate of drug-likeness (QED) is 0.738. The lowest BCUT2D eigenvalue weighted by Crippen LogP contribution is -2.30. The summed E-state index contributed by atoms with van der Waals surface area (Å²) in [7, 11) is 0. The fourth-order valence-electron chi connectivity index (χ4n) is 1.82. The van der Waals surface area contributed by atoms with Crippen LogP contribution in [0.5, 0.6) is 0 Å². The van der Waals surface area contributed by atoms with Crippen molar-refractivity contribution in [3.05, 3.63) is 23.5 Å². The molecule has 0 saturated carbocycles. The van der Waals surface area contributed by atoms with Crippen LogP contribution in [-0.4, -0.2) is 30.9 Å². The van der Waals surface area contributed by atoms with Gasteiger partial charge in [0.05, 0.1) is 17.4 Å². The second kappa shape index (κ2) is 5.09. The fraction of sp³-hybridized carbons (Fsp3) is 0.455. The van der Waals surface area contributed by atoms with Crippen molar-refractivity contribution in [1.82, 2.24) is 30.3 Å². The highest BCUT2D eigenvalue weighted by Crippen LogP contribution is 2.17. The van der Waals surface area contributed by atoms with E-state index in [1.807, 2.05) is 13.8 Å². The first kappa shape index (κ1) is 13.1. The minimum atomic E-state index is -0.282. The fourth-order valence-corrected chi connectivity index (χ4v) is 1.82. The van der Waals surface area contributed by atoms with Gasteiger partial charge in [0, 0.05) is 6.54 Å². The maximum atomic E-state index is 12.3. The van der Waals surface area contributed by atoms with Crippen molar-refractivity contribution >= 4 is 11.6 Å². The molecule has 2 rings (SSSR count). The summed E-state index contributed by atoms with van der Waals surface area (Å²) >= 11 is 0. The third-order valence-corrected chi connectivity index (χ3v) is 2.88. The predicted molar refractivity (Wildman–Crippen MR) is 69.3 cm³/mol. The summed E-state index contributed by atoms with van der Waals surface area (Å²) in [6.45, 7) is 6.08. The van der Waals surface area contributed by atoms with Gasteiger partial charge >= 0.3 is 0 Å². The van der Waals surface area contributed by atoms with E-state index in [1.165, 1.54) is 6.33 Å². The lowest BCUT2D eigenvalue weighted by atomic mass is 10.2. The standard InChI is InChI=1S/C11H17N7O/c1-4-18-9(8(12)6(2)17-18)11(19)15-7(3)10-13-5-14-16-10/h5,7H,4,12H2,1-3H3,(H,15,19)(H,13,14,16). The molecule has 8 nitrogen and oxygen atoms in total. The van der Waals surface area contributed by atoms with Crippen molar-refractivity contribution in [3.63, 3.8) is 0 Å². The number of hydrogen-bond acceptors (Lipinski definition) is 5. The highest BCUT2D eigenvalue weighted by atomic mass is 16.2. The molecule has 0 aliphatic heterocycles. The Morgan fingerprint density at radius 1 is 1.63 bits per heavy atom. The zero-order chi connectivity index (χ0) is 14.0. The molecular weight excluding hydrogens is 246 g/mol. The second-order valence-corrected chi connectivity index (χ2v) is 4.23. The summed E-state index contributed by atoms with van der Waals surface area (Å²) in [5, 5.41) is 13.5. The van der Waals surface area contributed by atoms with Crippen LogP contribution in [0.1, 0.15) is 41.9 Å². The van der Waals surface area contributed by atoms with E-state index in [2.05, 4.69) is 25.6 Å². The molecule has 102 valence electrons. The first-order chi connectivity index (χ1) is 9.04. The molecular formula is C11H17N7O. The molecule has 0 saturated heterocycles. The van der Waals surface area contributed by atoms with Crippen molar-refractivity contribution in [1.29, 1.82) is 0 Å². The van der Waals surface area contributed by atoms with E-state index in [4.69, 9.17) is 5.73 Å². The number of rotatable bonds is 4. The molecule has 1 atom stereocenters. The maximum Gasteiger partial charge on any atom is 0.272 e. The normalized spacial score (nSPS) is 12.4. The van der Waals surface area contributed by atoms with Crippen molar-refractivity contribution in [3.8, 4) is 0 Å². The number of carbonyl (C=O) groups is 1. The van der Waals surface area contributed by atoms with E-state index >= 15 is 0 Å². The number of nitrogens with two attached hydrogens (primary N) is 1. The third kappa shape index (κ3) is 2.42. The minimum Gasteiger partial charge on any atom is -0.395 e. The van der Waals surface area contributed by atoms with Crippen LogP contribution in [-0.2, 0) is 6.54 Å². The Morgan fingerprint density at radius 3 is 2.95 bits per heavy atom. The van der Waals surface area contributed by atoms with Gasteiger partial charge in [-0.1, -0.05) is 0 Å². The van der Waals surface area contributed by atoms with Crippen LogP contribution in [0.4, 0.5) is 5.69 Å². The smallest absolute Gasteiger partial charge is 0.272 e. The van der Waals surface area contributed by atoms with Crippen LogP contribution in [0.25, 0.3) is 0 Å². The molecule has 4 N–H and O–H groups in total. The number of anilines is 1. The molecule has 1 amide bonds. The molecule has 2 aromatic rings. The van der Waals surface area contributed by atoms with E-state index in [0.717, 1.165) is 0 Å². The molecule has 0 aliphatic rings. The minimum absolute atomic E-state index is 0.274. The molecule has 0 radical (unpaired) electrons. The Morgan fingerprint density at radius 2 is 2.37 bits per heavy atom. The van der Waals surface area contributed by atoms with Crippen LogP contribution >= 0.6 is 0 Å². The van der Waals surface area contributed by atoms with E-state index in [1.54, 1.807) is 11.6 Å². The number of amides is 1. The number of carbonyl (C=O) groups excluding carboxylic acids is 1. The van der Waals surface area contributed by atoms with Crippen LogP contribution in [0.2, 0.25) is 0 Å². The summed E-state index contributed by atoms with van der Waals surface area (Å²) in [6.07, 6.45) is 1.40. The van der Waals surface area contributed by atoms with Crippen molar-refractivity contribution < 1.29 is 4.79 Å². The molecule has 19 heavy (non-hydrogen) atoms. The Hall–Kier alpha value is -2.38. The molecule has 2 aromatic heterocycles. The number of aromatic amines is 1. The molecule has 0 bridgehead atoms. The first-order valence-corrected chi connectivity index (χ1v) is 6.03. The van der Waals surface area contributed by atoms with E-state index in [-0.39, 0.29) is 11.9 Å². The van der Waals surface area contributed by atoms with Gasteiger partial charge < -0.3 is 11.1 Å². The van der Waals surface area contributed by atoms with Gasteiger partial charge in [-0.2, -0.15) is 10.2 Å². The highest BCUT2D eigenvalue weighted by molar-refractivity contribution is 5.98. The Kier molecular flexibility index (Phi) is 3.50. The van der Waals surface area contributed by atoms with Gasteiger partial charge in [-0.15, -0.1) is 0 Å². The van der Waals surface area contributed by atoms with Crippen molar-refractivity contribution in [2.24, 2.45) is 0 Å². The van der Waals surface area contributed by atoms with Crippen LogP contribution < -0.4 is 11.1 Å². The first-order valence-electron chi connectivity index (χ1n) is 6.03. The van der Waals surface area contributed by atoms with Crippen LogP contribution in [0.3, 0.4) is 0 Å². The lowest BCUT2D eigenvalue weighted by molar-refractivity contribution is 0.0928. The molecule has 0 fully saturated rings. The number of nitrogens with one attached hydrogen (secondary N) is 2. The summed E-state index contributed by atoms with van der Waals surface area (Å²) in [5.41, 5.74) is 7.33. The van der Waals surface area contributed by atoms with Crippen molar-refractivity contribution in [2.75, 3.05) is 5.73 Å². The van der Waals surface area contributed by atoms with E-state index < -0.39 is 0 Å². The van der Waals surface area contributed by atoms with E-state index in [0.29, 0.717) is 29.4 Å². The number of nitrogen functional groups attached to an aromatic ring is 1. The SMILES string of the molecule is CCn1nc(C)c(N)c1C(=O)NC(C)c1ncn[nH]1. The van der Waals surface area contributed by atoms with Gasteiger partial charge in [-0.3, -0.25) is 14.6 Å². The lowest BCUT2D eigenvalue weighted by Gasteiger charge is -2.12. The predicted octanol–water partition coefficient (Wildman–Crippen LogP) is 0.403. The molecule has 1 unspecified atom stereocenters. The van der Waals surface area contributed by atoms with Gasteiger partial charge in [-0.05, 0) is 20.8 Å². The van der Waals surface area contributed by atoms with Gasteiger partial charge in [0.25, 0.3) is 5.91 Å². The Labute approximate surface area is 110 Å². The number of hydrogen-bond donors (Lipinski definition) is 3. The third-order valence-electron chi connectivity index (χ3n) is 2.88.